The molecule has 0 bridgehead atoms. The van der Waals surface area contributed by atoms with E-state index in [4.69, 9.17) is 4.84 Å². The lowest BCUT2D eigenvalue weighted by molar-refractivity contribution is -0.134. The maximum absolute atomic E-state index is 13.4. The first-order chi connectivity index (χ1) is 11.1. The molecule has 0 spiro atoms. The number of amides is 1. The van der Waals surface area contributed by atoms with Crippen molar-refractivity contribution in [2.45, 2.75) is 25.9 Å². The summed E-state index contributed by atoms with van der Waals surface area (Å²) in [7, 11) is 0. The van der Waals surface area contributed by atoms with Crippen molar-refractivity contribution < 1.29 is 22.8 Å². The van der Waals surface area contributed by atoms with Crippen LogP contribution in [0.15, 0.2) is 42.5 Å². The van der Waals surface area contributed by atoms with Crippen molar-refractivity contribution in [3.63, 3.8) is 0 Å². The number of nitrogens with one attached hydrogen (secondary N) is 1. The van der Waals surface area contributed by atoms with Crippen molar-refractivity contribution in [2.75, 3.05) is 0 Å². The Bertz CT molecular complexity index is 662. The maximum Gasteiger partial charge on any atom is 0.243 e. The Kier molecular flexibility index (Phi) is 6.17. The molecule has 0 radical (unpaired) electrons. The first kappa shape index (κ1) is 17.0. The highest BCUT2D eigenvalue weighted by atomic mass is 19.2. The summed E-state index contributed by atoms with van der Waals surface area (Å²) in [6.07, 6.45) is 0.519. The molecule has 2 aromatic carbocycles. The van der Waals surface area contributed by atoms with Gasteiger partial charge in [-0.15, -0.1) is 0 Å². The Morgan fingerprint density at radius 1 is 1.00 bits per heavy atom. The zero-order valence-electron chi connectivity index (χ0n) is 12.3. The molecule has 122 valence electrons. The van der Waals surface area contributed by atoms with Crippen LogP contribution in [0.3, 0.4) is 0 Å². The fraction of sp³-hybridized carbons (Fsp3) is 0.235. The predicted octanol–water partition coefficient (Wildman–Crippen LogP) is 3.67. The Balaban J connectivity index is 1.70. The van der Waals surface area contributed by atoms with Gasteiger partial charge in [0.25, 0.3) is 0 Å². The van der Waals surface area contributed by atoms with Gasteiger partial charge in [0.2, 0.25) is 5.91 Å². The molecule has 23 heavy (non-hydrogen) atoms. The van der Waals surface area contributed by atoms with Crippen molar-refractivity contribution in [3.05, 3.63) is 71.0 Å². The Hall–Kier alpha value is -2.34. The maximum atomic E-state index is 13.4. The lowest BCUT2D eigenvalue weighted by Crippen LogP contribution is -2.23. The monoisotopic (exact) mass is 323 g/mol. The lowest BCUT2D eigenvalue weighted by Gasteiger charge is -2.07. The number of halogens is 3. The van der Waals surface area contributed by atoms with E-state index in [9.17, 15) is 18.0 Å². The minimum atomic E-state index is -1.22. The van der Waals surface area contributed by atoms with Crippen LogP contribution in [-0.2, 0) is 22.7 Å². The van der Waals surface area contributed by atoms with Gasteiger partial charge in [-0.05, 0) is 30.0 Å². The van der Waals surface area contributed by atoms with Crippen molar-refractivity contribution in [3.8, 4) is 0 Å². The molecule has 2 aromatic rings. The summed E-state index contributed by atoms with van der Waals surface area (Å²) in [5, 5.41) is 0. The normalized spacial score (nSPS) is 10.6. The second kappa shape index (κ2) is 8.33. The SMILES string of the molecule is O=C(CCCc1cc(F)c(F)cc1F)NOCc1ccccc1. The third kappa shape index (κ3) is 5.41. The average molecular weight is 323 g/mol. The summed E-state index contributed by atoms with van der Waals surface area (Å²) < 4.78 is 39.2. The van der Waals surface area contributed by atoms with Crippen molar-refractivity contribution >= 4 is 5.91 Å². The van der Waals surface area contributed by atoms with Crippen LogP contribution in [0, 0.1) is 17.5 Å². The van der Waals surface area contributed by atoms with Gasteiger partial charge in [0, 0.05) is 12.5 Å². The molecular weight excluding hydrogens is 307 g/mol. The Morgan fingerprint density at radius 3 is 2.43 bits per heavy atom. The van der Waals surface area contributed by atoms with Gasteiger partial charge in [-0.3, -0.25) is 9.63 Å². The van der Waals surface area contributed by atoms with Crippen molar-refractivity contribution in [1.29, 1.82) is 0 Å². The zero-order valence-corrected chi connectivity index (χ0v) is 12.3. The fourth-order valence-corrected chi connectivity index (χ4v) is 2.02. The van der Waals surface area contributed by atoms with E-state index < -0.39 is 17.5 Å². The summed E-state index contributed by atoms with van der Waals surface area (Å²) in [6.45, 7) is 0.240. The molecule has 0 heterocycles. The molecule has 2 rings (SSSR count). The average Bonchev–Trinajstić information content (AvgIpc) is 2.53. The van der Waals surface area contributed by atoms with Gasteiger partial charge in [-0.2, -0.15) is 0 Å². The van der Waals surface area contributed by atoms with E-state index in [2.05, 4.69) is 5.48 Å². The summed E-state index contributed by atoms with van der Waals surface area (Å²) >= 11 is 0. The summed E-state index contributed by atoms with van der Waals surface area (Å²) in [6, 6.07) is 10.6. The topological polar surface area (TPSA) is 38.3 Å². The van der Waals surface area contributed by atoms with E-state index in [0.29, 0.717) is 12.5 Å². The Labute approximate surface area is 132 Å². The van der Waals surface area contributed by atoms with Gasteiger partial charge in [0.15, 0.2) is 11.6 Å². The van der Waals surface area contributed by atoms with Gasteiger partial charge in [-0.1, -0.05) is 30.3 Å². The van der Waals surface area contributed by atoms with Crippen LogP contribution in [0.5, 0.6) is 0 Å². The molecule has 0 aliphatic carbocycles. The summed E-state index contributed by atoms with van der Waals surface area (Å²) in [4.78, 5) is 16.6. The quantitative estimate of drug-likeness (QED) is 0.623. The predicted molar refractivity (Wildman–Crippen MR) is 78.6 cm³/mol. The number of carbonyl (C=O) groups excluding carboxylic acids is 1. The molecule has 0 fully saturated rings. The van der Waals surface area contributed by atoms with Crippen LogP contribution in [0.1, 0.15) is 24.0 Å². The highest BCUT2D eigenvalue weighted by Crippen LogP contribution is 2.15. The number of rotatable bonds is 7. The highest BCUT2D eigenvalue weighted by molar-refractivity contribution is 5.74. The zero-order chi connectivity index (χ0) is 16.7. The van der Waals surface area contributed by atoms with Crippen LogP contribution in [0.25, 0.3) is 0 Å². The van der Waals surface area contributed by atoms with Gasteiger partial charge >= 0.3 is 0 Å². The van der Waals surface area contributed by atoms with Crippen LogP contribution in [0.2, 0.25) is 0 Å². The van der Waals surface area contributed by atoms with E-state index in [1.165, 1.54) is 0 Å². The van der Waals surface area contributed by atoms with Crippen molar-refractivity contribution in [2.24, 2.45) is 0 Å². The molecule has 1 N–H and O–H groups in total. The van der Waals surface area contributed by atoms with E-state index in [0.717, 1.165) is 11.6 Å². The van der Waals surface area contributed by atoms with Gasteiger partial charge in [0.1, 0.15) is 5.82 Å². The van der Waals surface area contributed by atoms with Crippen molar-refractivity contribution in [1.82, 2.24) is 5.48 Å². The second-order valence-electron chi connectivity index (χ2n) is 5.01. The largest absolute Gasteiger partial charge is 0.273 e. The van der Waals surface area contributed by atoms with E-state index in [1.807, 2.05) is 30.3 Å². The molecular formula is C17H16F3NO2. The van der Waals surface area contributed by atoms with E-state index in [-0.39, 0.29) is 30.9 Å². The molecule has 3 nitrogen and oxygen atoms in total. The number of benzene rings is 2. The third-order valence-electron chi connectivity index (χ3n) is 3.21. The van der Waals surface area contributed by atoms with Crippen LogP contribution < -0.4 is 5.48 Å². The molecule has 1 amide bonds. The highest BCUT2D eigenvalue weighted by Gasteiger charge is 2.10. The number of carbonyl (C=O) groups is 1. The number of hydrogen-bond donors (Lipinski definition) is 1. The van der Waals surface area contributed by atoms with E-state index in [1.54, 1.807) is 0 Å². The molecule has 0 atom stereocenters. The van der Waals surface area contributed by atoms with Gasteiger partial charge < -0.3 is 0 Å². The van der Waals surface area contributed by atoms with Crippen LogP contribution >= 0.6 is 0 Å². The molecule has 0 aliphatic heterocycles. The Morgan fingerprint density at radius 2 is 1.70 bits per heavy atom. The fourth-order valence-electron chi connectivity index (χ4n) is 2.02. The van der Waals surface area contributed by atoms with Gasteiger partial charge in [0.05, 0.1) is 6.61 Å². The summed E-state index contributed by atoms with van der Waals surface area (Å²) in [5.41, 5.74) is 3.24. The van der Waals surface area contributed by atoms with Crippen LogP contribution in [-0.4, -0.2) is 5.91 Å². The van der Waals surface area contributed by atoms with Crippen LogP contribution in [0.4, 0.5) is 13.2 Å². The van der Waals surface area contributed by atoms with E-state index >= 15 is 0 Å². The lowest BCUT2D eigenvalue weighted by atomic mass is 10.1. The number of hydroxylamine groups is 1. The number of aryl methyl sites for hydroxylation is 1. The minimum Gasteiger partial charge on any atom is -0.273 e. The molecule has 0 aromatic heterocycles. The molecule has 0 aliphatic rings. The number of hydrogen-bond acceptors (Lipinski definition) is 2. The first-order valence-corrected chi connectivity index (χ1v) is 7.14. The standard InChI is InChI=1S/C17H16F3NO2/c18-14-10-16(20)15(19)9-13(14)7-4-8-17(22)21-23-11-12-5-2-1-3-6-12/h1-3,5-6,9-10H,4,7-8,11H2,(H,21,22). The second-order valence-corrected chi connectivity index (χ2v) is 5.01. The van der Waals surface area contributed by atoms with Gasteiger partial charge in [-0.25, -0.2) is 18.7 Å². The minimum absolute atomic E-state index is 0.0434. The summed E-state index contributed by atoms with van der Waals surface area (Å²) in [5.74, 6) is -3.50. The third-order valence-corrected chi connectivity index (χ3v) is 3.21. The molecule has 0 unspecified atom stereocenters. The molecule has 0 saturated heterocycles. The molecule has 6 heteroatoms. The smallest absolute Gasteiger partial charge is 0.243 e. The first-order valence-electron chi connectivity index (χ1n) is 7.14. The molecule has 0 saturated carbocycles.